The quantitative estimate of drug-likeness (QED) is 0.440. The maximum atomic E-state index is 12.3. The summed E-state index contributed by atoms with van der Waals surface area (Å²) in [5, 5.41) is 3.86. The molecule has 0 atom stereocenters. The van der Waals surface area contributed by atoms with Crippen LogP contribution in [0.5, 0.6) is 0 Å². The highest BCUT2D eigenvalue weighted by molar-refractivity contribution is 7.99. The zero-order valence-electron chi connectivity index (χ0n) is 15.5. The van der Waals surface area contributed by atoms with Crippen molar-refractivity contribution in [2.45, 2.75) is 10.1 Å². The minimum atomic E-state index is -3.52. The summed E-state index contributed by atoms with van der Waals surface area (Å²) in [7, 11) is -0.554. The number of benzene rings is 2. The number of aromatic amines is 1. The number of sulfonamides is 1. The SMILES string of the molecule is CN(C)S(=O)(=O)c1ccc2nc(NC(=O)CSc3nc4ccccc4[nH]3)sc2c1. The number of para-hydroxylation sites is 2. The van der Waals surface area contributed by atoms with Gasteiger partial charge >= 0.3 is 0 Å². The summed E-state index contributed by atoms with van der Waals surface area (Å²) >= 11 is 2.54. The van der Waals surface area contributed by atoms with Crippen LogP contribution in [0.4, 0.5) is 5.13 Å². The number of hydrogen-bond donors (Lipinski definition) is 2. The normalized spacial score (nSPS) is 12.1. The van der Waals surface area contributed by atoms with Gasteiger partial charge < -0.3 is 10.3 Å². The predicted octanol–water partition coefficient (Wildman–Crippen LogP) is 3.15. The van der Waals surface area contributed by atoms with Gasteiger partial charge in [-0.3, -0.25) is 4.79 Å². The van der Waals surface area contributed by atoms with Gasteiger partial charge in [-0.15, -0.1) is 0 Å². The molecule has 0 spiro atoms. The van der Waals surface area contributed by atoms with E-state index < -0.39 is 10.0 Å². The number of nitrogens with one attached hydrogen (secondary N) is 2. The van der Waals surface area contributed by atoms with Crippen molar-refractivity contribution in [3.8, 4) is 0 Å². The van der Waals surface area contributed by atoms with E-state index in [4.69, 9.17) is 0 Å². The van der Waals surface area contributed by atoms with Crippen molar-refractivity contribution in [3.63, 3.8) is 0 Å². The first-order chi connectivity index (χ1) is 13.8. The van der Waals surface area contributed by atoms with E-state index in [-0.39, 0.29) is 16.6 Å². The Labute approximate surface area is 175 Å². The number of aromatic nitrogens is 3. The number of hydrogen-bond acceptors (Lipinski definition) is 7. The van der Waals surface area contributed by atoms with E-state index in [1.54, 1.807) is 12.1 Å². The fourth-order valence-electron chi connectivity index (χ4n) is 2.62. The summed E-state index contributed by atoms with van der Waals surface area (Å²) in [5.74, 6) is -0.0358. The van der Waals surface area contributed by atoms with Gasteiger partial charge in [-0.05, 0) is 30.3 Å². The number of fused-ring (bicyclic) bond motifs is 2. The maximum Gasteiger partial charge on any atom is 0.242 e. The lowest BCUT2D eigenvalue weighted by Gasteiger charge is -2.10. The number of amides is 1. The molecule has 2 N–H and O–H groups in total. The van der Waals surface area contributed by atoms with Crippen LogP contribution in [0.3, 0.4) is 0 Å². The van der Waals surface area contributed by atoms with Gasteiger partial charge in [-0.25, -0.2) is 22.7 Å². The van der Waals surface area contributed by atoms with E-state index in [1.165, 1.54) is 43.3 Å². The molecule has 0 aliphatic carbocycles. The van der Waals surface area contributed by atoms with Crippen LogP contribution in [-0.4, -0.2) is 53.4 Å². The third-order valence-corrected chi connectivity index (χ3v) is 7.71. The maximum absolute atomic E-state index is 12.3. The Kier molecular flexibility index (Phi) is 5.30. The van der Waals surface area contributed by atoms with Crippen LogP contribution in [-0.2, 0) is 14.8 Å². The number of carbonyl (C=O) groups excluding carboxylic acids is 1. The van der Waals surface area contributed by atoms with Crippen molar-refractivity contribution in [1.82, 2.24) is 19.3 Å². The third-order valence-electron chi connectivity index (χ3n) is 4.09. The monoisotopic (exact) mass is 447 g/mol. The Hall–Kier alpha value is -2.47. The van der Waals surface area contributed by atoms with Crippen LogP contribution < -0.4 is 5.32 Å². The molecule has 0 unspecified atom stereocenters. The number of anilines is 1. The molecule has 2 aromatic carbocycles. The summed E-state index contributed by atoms with van der Waals surface area (Å²) in [6.07, 6.45) is 0. The van der Waals surface area contributed by atoms with Gasteiger partial charge in [0.1, 0.15) is 0 Å². The second kappa shape index (κ2) is 7.75. The highest BCUT2D eigenvalue weighted by atomic mass is 32.2. The van der Waals surface area contributed by atoms with E-state index in [0.29, 0.717) is 20.5 Å². The fourth-order valence-corrected chi connectivity index (χ4v) is 5.23. The molecule has 0 saturated carbocycles. The molecule has 0 fully saturated rings. The lowest BCUT2D eigenvalue weighted by molar-refractivity contribution is -0.113. The number of thiazole rings is 1. The van der Waals surface area contributed by atoms with Gasteiger partial charge in [0.25, 0.3) is 0 Å². The highest BCUT2D eigenvalue weighted by Crippen LogP contribution is 2.29. The fraction of sp³-hybridized carbons (Fsp3) is 0.167. The van der Waals surface area contributed by atoms with Crippen molar-refractivity contribution in [3.05, 3.63) is 42.5 Å². The Morgan fingerprint density at radius 2 is 1.97 bits per heavy atom. The molecule has 8 nitrogen and oxygen atoms in total. The second-order valence-electron chi connectivity index (χ2n) is 6.33. The molecule has 11 heteroatoms. The first-order valence-corrected chi connectivity index (χ1v) is 11.8. The first-order valence-electron chi connectivity index (χ1n) is 8.53. The standard InChI is InChI=1S/C18H17N5O3S3/c1-23(2)29(25,26)11-7-8-14-15(9-11)28-18(21-14)22-16(24)10-27-17-19-12-5-3-4-6-13(12)20-17/h3-9H,10H2,1-2H3,(H,19,20)(H,21,22,24). The van der Waals surface area contributed by atoms with Crippen molar-refractivity contribution < 1.29 is 13.2 Å². The van der Waals surface area contributed by atoms with E-state index in [0.717, 1.165) is 15.3 Å². The Morgan fingerprint density at radius 1 is 1.17 bits per heavy atom. The summed E-state index contributed by atoms with van der Waals surface area (Å²) < 4.78 is 26.4. The minimum absolute atomic E-state index is 0.177. The van der Waals surface area contributed by atoms with Gasteiger partial charge in [-0.2, -0.15) is 0 Å². The van der Waals surface area contributed by atoms with Crippen molar-refractivity contribution in [1.29, 1.82) is 0 Å². The lowest BCUT2D eigenvalue weighted by Crippen LogP contribution is -2.22. The van der Waals surface area contributed by atoms with Crippen LogP contribution in [0.1, 0.15) is 0 Å². The highest BCUT2D eigenvalue weighted by Gasteiger charge is 2.18. The minimum Gasteiger partial charge on any atom is -0.333 e. The van der Waals surface area contributed by atoms with Crippen LogP contribution >= 0.6 is 23.1 Å². The van der Waals surface area contributed by atoms with Crippen LogP contribution in [0.2, 0.25) is 0 Å². The summed E-state index contributed by atoms with van der Waals surface area (Å²) in [5.41, 5.74) is 2.41. The van der Waals surface area contributed by atoms with Gasteiger partial charge in [0.15, 0.2) is 10.3 Å². The molecular weight excluding hydrogens is 430 g/mol. The van der Waals surface area contributed by atoms with E-state index in [9.17, 15) is 13.2 Å². The van der Waals surface area contributed by atoms with Crippen LogP contribution in [0.25, 0.3) is 21.3 Å². The molecule has 29 heavy (non-hydrogen) atoms. The molecular formula is C18H17N5O3S3. The van der Waals surface area contributed by atoms with E-state index in [2.05, 4.69) is 20.3 Å². The van der Waals surface area contributed by atoms with Gasteiger partial charge in [-0.1, -0.05) is 35.2 Å². The Balaban J connectivity index is 1.45. The van der Waals surface area contributed by atoms with Crippen molar-refractivity contribution >= 4 is 65.4 Å². The first kappa shape index (κ1) is 19.8. The molecule has 1 amide bonds. The zero-order valence-corrected chi connectivity index (χ0v) is 18.0. The van der Waals surface area contributed by atoms with Gasteiger partial charge in [0.05, 0.1) is 31.9 Å². The van der Waals surface area contributed by atoms with E-state index in [1.807, 2.05) is 24.3 Å². The average Bonchev–Trinajstić information content (AvgIpc) is 3.28. The van der Waals surface area contributed by atoms with E-state index >= 15 is 0 Å². The zero-order chi connectivity index (χ0) is 20.6. The number of carbonyl (C=O) groups is 1. The Bertz CT molecular complexity index is 1280. The summed E-state index contributed by atoms with van der Waals surface area (Å²) in [6.45, 7) is 0. The molecule has 0 bridgehead atoms. The molecule has 0 radical (unpaired) electrons. The molecule has 0 saturated heterocycles. The number of H-pyrrole nitrogens is 1. The summed E-state index contributed by atoms with van der Waals surface area (Å²) in [6, 6.07) is 12.4. The topological polar surface area (TPSA) is 108 Å². The van der Waals surface area contributed by atoms with Crippen LogP contribution in [0.15, 0.2) is 52.5 Å². The molecule has 4 rings (SSSR count). The smallest absolute Gasteiger partial charge is 0.242 e. The molecule has 0 aliphatic heterocycles. The van der Waals surface area contributed by atoms with Gasteiger partial charge in [0.2, 0.25) is 15.9 Å². The average molecular weight is 448 g/mol. The molecule has 2 heterocycles. The third kappa shape index (κ3) is 4.13. The van der Waals surface area contributed by atoms with Gasteiger partial charge in [0, 0.05) is 14.1 Å². The molecule has 0 aliphatic rings. The predicted molar refractivity (Wildman–Crippen MR) is 116 cm³/mol. The van der Waals surface area contributed by atoms with Crippen LogP contribution in [0, 0.1) is 0 Å². The lowest BCUT2D eigenvalue weighted by atomic mass is 10.3. The number of rotatable bonds is 6. The largest absolute Gasteiger partial charge is 0.333 e. The van der Waals surface area contributed by atoms with Crippen molar-refractivity contribution in [2.75, 3.05) is 25.2 Å². The molecule has 4 aromatic rings. The molecule has 2 aromatic heterocycles. The second-order valence-corrected chi connectivity index (χ2v) is 10.5. The van der Waals surface area contributed by atoms with Crippen molar-refractivity contribution in [2.24, 2.45) is 0 Å². The summed E-state index contributed by atoms with van der Waals surface area (Å²) in [4.78, 5) is 24.4. The molecule has 150 valence electrons. The Morgan fingerprint density at radius 3 is 2.72 bits per heavy atom. The number of nitrogens with zero attached hydrogens (tertiary/aromatic N) is 3. The number of thioether (sulfide) groups is 1. The number of imidazole rings is 1.